The zero-order valence-corrected chi connectivity index (χ0v) is 22.3. The van der Waals surface area contributed by atoms with Crippen LogP contribution in [0.25, 0.3) is 16.6 Å². The number of hydrogen-bond acceptors (Lipinski definition) is 3. The molecule has 1 amide bonds. The number of benzene rings is 4. The van der Waals surface area contributed by atoms with E-state index in [4.69, 9.17) is 4.98 Å². The molecule has 0 radical (unpaired) electrons. The Morgan fingerprint density at radius 1 is 0.921 bits per heavy atom. The van der Waals surface area contributed by atoms with Crippen molar-refractivity contribution in [2.45, 2.75) is 25.9 Å². The molecule has 0 N–H and O–H groups in total. The van der Waals surface area contributed by atoms with Gasteiger partial charge in [0, 0.05) is 11.0 Å². The summed E-state index contributed by atoms with van der Waals surface area (Å²) in [5, 5.41) is 0.476. The summed E-state index contributed by atoms with van der Waals surface area (Å²) >= 11 is 3.46. The first kappa shape index (κ1) is 25.5. The van der Waals surface area contributed by atoms with E-state index in [1.165, 1.54) is 12.1 Å². The number of halogens is 2. The molecule has 0 aliphatic rings. The van der Waals surface area contributed by atoms with Crippen LogP contribution in [0.2, 0.25) is 0 Å². The quantitative estimate of drug-likeness (QED) is 0.210. The standard InChI is InChI=1S/C31H25BrFN3O2/c1-2-28(35(20-21-10-4-3-5-11-21)30(37)24-12-6-8-14-26(24)33)29-34-27-15-9-7-13-25(27)31(38)36(29)23-18-16-22(32)17-19-23/h3-19,28H,2,20H2,1H3. The first-order valence-corrected chi connectivity index (χ1v) is 13.1. The van der Waals surface area contributed by atoms with Crippen molar-refractivity contribution in [2.75, 3.05) is 0 Å². The van der Waals surface area contributed by atoms with Gasteiger partial charge >= 0.3 is 0 Å². The Balaban J connectivity index is 1.74. The lowest BCUT2D eigenvalue weighted by atomic mass is 10.1. The third-order valence-electron chi connectivity index (χ3n) is 6.51. The van der Waals surface area contributed by atoms with E-state index in [0.717, 1.165) is 10.0 Å². The number of aromatic nitrogens is 2. The van der Waals surface area contributed by atoms with Crippen LogP contribution >= 0.6 is 15.9 Å². The summed E-state index contributed by atoms with van der Waals surface area (Å²) < 4.78 is 17.3. The summed E-state index contributed by atoms with van der Waals surface area (Å²) in [4.78, 5) is 34.4. The Labute approximate surface area is 228 Å². The highest BCUT2D eigenvalue weighted by Gasteiger charge is 2.31. The van der Waals surface area contributed by atoms with Gasteiger partial charge in [-0.25, -0.2) is 9.37 Å². The van der Waals surface area contributed by atoms with Crippen molar-refractivity contribution < 1.29 is 9.18 Å². The Morgan fingerprint density at radius 2 is 1.58 bits per heavy atom. The van der Waals surface area contributed by atoms with Crippen molar-refractivity contribution in [3.8, 4) is 5.69 Å². The van der Waals surface area contributed by atoms with Crippen LogP contribution in [0.15, 0.2) is 112 Å². The number of amides is 1. The Morgan fingerprint density at radius 3 is 2.29 bits per heavy atom. The summed E-state index contributed by atoms with van der Waals surface area (Å²) in [5.41, 5.74) is 1.79. The summed E-state index contributed by atoms with van der Waals surface area (Å²) in [5.74, 6) is -0.648. The molecule has 7 heteroatoms. The normalized spacial score (nSPS) is 11.9. The van der Waals surface area contributed by atoms with Crippen LogP contribution in [0, 0.1) is 5.82 Å². The highest BCUT2D eigenvalue weighted by molar-refractivity contribution is 9.10. The second-order valence-corrected chi connectivity index (χ2v) is 9.84. The fraction of sp³-hybridized carbons (Fsp3) is 0.129. The molecule has 190 valence electrons. The zero-order chi connectivity index (χ0) is 26.6. The smallest absolute Gasteiger partial charge is 0.266 e. The van der Waals surface area contributed by atoms with Crippen molar-refractivity contribution in [1.29, 1.82) is 0 Å². The van der Waals surface area contributed by atoms with Crippen molar-refractivity contribution in [2.24, 2.45) is 0 Å². The molecule has 0 saturated carbocycles. The summed E-state index contributed by atoms with van der Waals surface area (Å²) in [7, 11) is 0. The van der Waals surface area contributed by atoms with Crippen LogP contribution in [0.3, 0.4) is 0 Å². The largest absolute Gasteiger partial charge is 0.324 e. The maximum atomic E-state index is 14.8. The van der Waals surface area contributed by atoms with Crippen molar-refractivity contribution >= 4 is 32.7 Å². The minimum absolute atomic E-state index is 0.0276. The van der Waals surface area contributed by atoms with Crippen molar-refractivity contribution in [3.05, 3.63) is 141 Å². The molecule has 0 spiro atoms. The highest BCUT2D eigenvalue weighted by Crippen LogP contribution is 2.30. The van der Waals surface area contributed by atoms with E-state index in [9.17, 15) is 14.0 Å². The molecule has 5 rings (SSSR count). The molecule has 1 aromatic heterocycles. The molecule has 38 heavy (non-hydrogen) atoms. The molecule has 0 aliphatic heterocycles. The Kier molecular flexibility index (Phi) is 7.47. The van der Waals surface area contributed by atoms with Crippen LogP contribution in [-0.2, 0) is 6.54 Å². The Bertz CT molecular complexity index is 1650. The van der Waals surface area contributed by atoms with Crippen LogP contribution in [-0.4, -0.2) is 20.4 Å². The van der Waals surface area contributed by atoms with Gasteiger partial charge in [-0.05, 0) is 60.5 Å². The van der Waals surface area contributed by atoms with Gasteiger partial charge in [0.1, 0.15) is 11.6 Å². The topological polar surface area (TPSA) is 55.2 Å². The van der Waals surface area contributed by atoms with Gasteiger partial charge in [-0.15, -0.1) is 0 Å². The first-order valence-electron chi connectivity index (χ1n) is 12.3. The molecular formula is C31H25BrFN3O2. The van der Waals surface area contributed by atoms with Crippen molar-refractivity contribution in [1.82, 2.24) is 14.5 Å². The summed E-state index contributed by atoms with van der Waals surface area (Å²) in [6.07, 6.45) is 0.453. The SMILES string of the molecule is CCC(c1nc2ccccc2c(=O)n1-c1ccc(Br)cc1)N(Cc1ccccc1)C(=O)c1ccccc1F. The predicted molar refractivity (Wildman–Crippen MR) is 151 cm³/mol. The van der Waals surface area contributed by atoms with E-state index >= 15 is 0 Å². The minimum Gasteiger partial charge on any atom is -0.324 e. The molecule has 0 bridgehead atoms. The number of fused-ring (bicyclic) bond motifs is 1. The molecule has 0 saturated heterocycles. The highest BCUT2D eigenvalue weighted by atomic mass is 79.9. The third kappa shape index (κ3) is 5.02. The second-order valence-electron chi connectivity index (χ2n) is 8.93. The lowest BCUT2D eigenvalue weighted by Crippen LogP contribution is -2.38. The minimum atomic E-state index is -0.622. The van der Waals surface area contributed by atoms with Gasteiger partial charge in [0.05, 0.1) is 28.2 Å². The number of para-hydroxylation sites is 1. The van der Waals surface area contributed by atoms with E-state index in [2.05, 4.69) is 15.9 Å². The van der Waals surface area contributed by atoms with Gasteiger partial charge in [-0.1, -0.05) is 77.5 Å². The first-order chi connectivity index (χ1) is 18.5. The molecule has 0 aliphatic carbocycles. The number of nitrogens with zero attached hydrogens (tertiary/aromatic N) is 3. The zero-order valence-electron chi connectivity index (χ0n) is 20.7. The molecule has 1 atom stereocenters. The average Bonchev–Trinajstić information content (AvgIpc) is 2.94. The number of carbonyl (C=O) groups excluding carboxylic acids is 1. The van der Waals surface area contributed by atoms with E-state index in [1.807, 2.05) is 67.6 Å². The predicted octanol–water partition coefficient (Wildman–Crippen LogP) is 7.08. The molecule has 5 aromatic rings. The molecule has 4 aromatic carbocycles. The average molecular weight is 570 g/mol. The summed E-state index contributed by atoms with van der Waals surface area (Å²) in [6, 6.07) is 29.4. The monoisotopic (exact) mass is 569 g/mol. The van der Waals surface area contributed by atoms with Crippen LogP contribution < -0.4 is 5.56 Å². The lowest BCUT2D eigenvalue weighted by Gasteiger charge is -2.32. The molecular weight excluding hydrogens is 545 g/mol. The number of carbonyl (C=O) groups is 1. The fourth-order valence-electron chi connectivity index (χ4n) is 4.65. The number of hydrogen-bond donors (Lipinski definition) is 0. The molecule has 1 unspecified atom stereocenters. The lowest BCUT2D eigenvalue weighted by molar-refractivity contribution is 0.0636. The van der Waals surface area contributed by atoms with E-state index in [-0.39, 0.29) is 17.7 Å². The van der Waals surface area contributed by atoms with E-state index in [0.29, 0.717) is 28.8 Å². The van der Waals surface area contributed by atoms with Gasteiger partial charge in [-0.2, -0.15) is 0 Å². The molecule has 5 nitrogen and oxygen atoms in total. The van der Waals surface area contributed by atoms with Crippen LogP contribution in [0.1, 0.15) is 41.1 Å². The van der Waals surface area contributed by atoms with Gasteiger partial charge in [0.2, 0.25) is 0 Å². The molecule has 1 heterocycles. The van der Waals surface area contributed by atoms with E-state index < -0.39 is 17.8 Å². The number of rotatable bonds is 7. The fourth-order valence-corrected chi connectivity index (χ4v) is 4.91. The summed E-state index contributed by atoms with van der Waals surface area (Å²) in [6.45, 7) is 2.15. The van der Waals surface area contributed by atoms with Gasteiger partial charge in [0.25, 0.3) is 11.5 Å². The maximum absolute atomic E-state index is 14.8. The van der Waals surface area contributed by atoms with Gasteiger partial charge < -0.3 is 4.90 Å². The second kappa shape index (κ2) is 11.1. The third-order valence-corrected chi connectivity index (χ3v) is 7.04. The van der Waals surface area contributed by atoms with Crippen molar-refractivity contribution in [3.63, 3.8) is 0 Å². The van der Waals surface area contributed by atoms with Crippen LogP contribution in [0.4, 0.5) is 4.39 Å². The van der Waals surface area contributed by atoms with Crippen LogP contribution in [0.5, 0.6) is 0 Å². The Hall–Kier alpha value is -4.10. The molecule has 0 fully saturated rings. The van der Waals surface area contributed by atoms with Gasteiger partial charge in [-0.3, -0.25) is 14.2 Å². The van der Waals surface area contributed by atoms with E-state index in [1.54, 1.807) is 39.8 Å². The maximum Gasteiger partial charge on any atom is 0.266 e. The van der Waals surface area contributed by atoms with Gasteiger partial charge in [0.15, 0.2) is 0 Å².